The lowest BCUT2D eigenvalue weighted by atomic mass is 10.0. The first kappa shape index (κ1) is 14.6. The van der Waals surface area contributed by atoms with Crippen molar-refractivity contribution in [2.75, 3.05) is 13.2 Å². The maximum Gasteiger partial charge on any atom is 0.305 e. The summed E-state index contributed by atoms with van der Waals surface area (Å²) >= 11 is 0. The Morgan fingerprint density at radius 1 is 0.958 bits per heavy atom. The van der Waals surface area contributed by atoms with E-state index in [0.717, 1.165) is 19.3 Å². The summed E-state index contributed by atoms with van der Waals surface area (Å²) in [6.07, 6.45) is 7.53. The Kier molecular flexibility index (Phi) is 9.68. The van der Waals surface area contributed by atoms with Gasteiger partial charge in [-0.25, -0.2) is 0 Å². The first-order valence-corrected chi connectivity index (χ1v) is 9.94. The Morgan fingerprint density at radius 2 is 1.46 bits per heavy atom. The highest BCUT2D eigenvalue weighted by atomic mass is 16.6. The van der Waals surface area contributed by atoms with Gasteiger partial charge in [0.05, 0.1) is 6.61 Å². The maximum absolute atomic E-state index is 11.9. The van der Waals surface area contributed by atoms with Crippen molar-refractivity contribution in [1.82, 2.24) is 0 Å². The number of esters is 1. The third-order valence-electron chi connectivity index (χ3n) is 4.28. The van der Waals surface area contributed by atoms with Gasteiger partial charge in [0.2, 0.25) is 0 Å². The predicted octanol–water partition coefficient (Wildman–Crippen LogP) is 6.19. The van der Waals surface area contributed by atoms with Crippen LogP contribution in [0.1, 0.15) is 116 Å². The average molecular weight is 346 g/mol. The van der Waals surface area contributed by atoms with Crippen molar-refractivity contribution in [3.63, 3.8) is 0 Å². The number of ether oxygens (including phenoxy) is 2. The highest BCUT2D eigenvalue weighted by molar-refractivity contribution is 5.69. The zero-order chi connectivity index (χ0) is 21.8. The van der Waals surface area contributed by atoms with Crippen LogP contribution in [0.15, 0.2) is 0 Å². The summed E-state index contributed by atoms with van der Waals surface area (Å²) in [7, 11) is 0. The molecular formula is C21H40O3. The second kappa shape index (κ2) is 15.9. The zero-order valence-corrected chi connectivity index (χ0v) is 15.5. The van der Waals surface area contributed by atoms with E-state index < -0.39 is 25.1 Å². The number of unbranched alkanes of at least 4 members (excludes halogenated alkanes) is 11. The molecule has 0 aromatic carbocycles. The summed E-state index contributed by atoms with van der Waals surface area (Å²) in [6, 6.07) is 0. The minimum atomic E-state index is -2.84. The molecule has 1 rings (SSSR count). The molecule has 3 heteroatoms. The lowest BCUT2D eigenvalue weighted by molar-refractivity contribution is -0.144. The van der Waals surface area contributed by atoms with Gasteiger partial charge in [-0.2, -0.15) is 0 Å². The van der Waals surface area contributed by atoms with Crippen molar-refractivity contribution in [2.24, 2.45) is 0 Å². The van der Waals surface area contributed by atoms with Crippen LogP contribution in [0.3, 0.4) is 0 Å². The van der Waals surface area contributed by atoms with Gasteiger partial charge in [0.1, 0.15) is 12.7 Å². The quantitative estimate of drug-likeness (QED) is 0.169. The highest BCUT2D eigenvalue weighted by Crippen LogP contribution is 2.14. The first-order chi connectivity index (χ1) is 13.7. The molecular weight excluding hydrogens is 300 g/mol. The van der Waals surface area contributed by atoms with Crippen LogP contribution in [0.2, 0.25) is 0 Å². The van der Waals surface area contributed by atoms with Crippen molar-refractivity contribution in [2.45, 2.75) is 116 Å². The fourth-order valence-electron chi connectivity index (χ4n) is 2.64. The third-order valence-corrected chi connectivity index (χ3v) is 4.28. The fourth-order valence-corrected chi connectivity index (χ4v) is 2.64. The number of hydrogen-bond acceptors (Lipinski definition) is 3. The molecule has 0 amide bonds. The molecule has 0 saturated carbocycles. The van der Waals surface area contributed by atoms with Gasteiger partial charge in [-0.15, -0.1) is 0 Å². The largest absolute Gasteiger partial charge is 0.463 e. The third kappa shape index (κ3) is 15.0. The fraction of sp³-hybridized carbons (Fsp3) is 0.952. The van der Waals surface area contributed by atoms with Gasteiger partial charge in [-0.1, -0.05) is 96.8 Å². The highest BCUT2D eigenvalue weighted by Gasteiger charge is 2.23. The van der Waals surface area contributed by atoms with Crippen LogP contribution in [0.4, 0.5) is 0 Å². The minimum absolute atomic E-state index is 0.0597. The van der Waals surface area contributed by atoms with Crippen LogP contribution in [-0.2, 0) is 14.3 Å². The molecule has 0 N–H and O–H groups in total. The van der Waals surface area contributed by atoms with Gasteiger partial charge in [-0.05, 0) is 6.37 Å². The molecule has 1 heterocycles. The van der Waals surface area contributed by atoms with Gasteiger partial charge >= 0.3 is 5.97 Å². The second-order valence-corrected chi connectivity index (χ2v) is 6.71. The number of carbonyl (C=O) groups excluding carboxylic acids is 1. The molecule has 0 aromatic heterocycles. The van der Waals surface area contributed by atoms with Gasteiger partial charge in [0.25, 0.3) is 0 Å². The van der Waals surface area contributed by atoms with Crippen molar-refractivity contribution in [1.29, 1.82) is 0 Å². The molecule has 2 unspecified atom stereocenters. The molecule has 0 spiro atoms. The monoisotopic (exact) mass is 345 g/mol. The number of epoxide rings is 1. The molecule has 0 aromatic rings. The smallest absolute Gasteiger partial charge is 0.305 e. The number of hydrogen-bond donors (Lipinski definition) is 0. The lowest BCUT2D eigenvalue weighted by Gasteiger charge is -2.04. The van der Waals surface area contributed by atoms with E-state index in [9.17, 15) is 4.79 Å². The van der Waals surface area contributed by atoms with Crippen molar-refractivity contribution < 1.29 is 21.1 Å². The van der Waals surface area contributed by atoms with E-state index in [1.165, 1.54) is 51.4 Å². The van der Waals surface area contributed by atoms with Gasteiger partial charge < -0.3 is 9.47 Å². The van der Waals surface area contributed by atoms with Gasteiger partial charge in [0, 0.05) is 13.2 Å². The Labute approximate surface area is 156 Å². The predicted molar refractivity (Wildman–Crippen MR) is 100 cm³/mol. The Hall–Kier alpha value is -0.570. The van der Waals surface area contributed by atoms with E-state index in [2.05, 4.69) is 6.92 Å². The van der Waals surface area contributed by atoms with Crippen LogP contribution in [-0.4, -0.2) is 25.3 Å². The lowest BCUT2D eigenvalue weighted by Crippen LogP contribution is -2.09. The van der Waals surface area contributed by atoms with E-state index in [0.29, 0.717) is 13.0 Å². The van der Waals surface area contributed by atoms with E-state index in [1.807, 2.05) is 0 Å². The topological polar surface area (TPSA) is 38.8 Å². The van der Waals surface area contributed by atoms with Crippen LogP contribution in [0, 0.1) is 0 Å². The van der Waals surface area contributed by atoms with E-state index in [-0.39, 0.29) is 19.1 Å². The molecule has 1 fully saturated rings. The molecule has 0 bridgehead atoms. The zero-order valence-electron chi connectivity index (χ0n) is 20.5. The minimum Gasteiger partial charge on any atom is -0.463 e. The molecule has 0 radical (unpaired) electrons. The Bertz CT molecular complexity index is 456. The normalized spacial score (nSPS) is 21.9. The van der Waals surface area contributed by atoms with E-state index in [4.69, 9.17) is 16.3 Å². The van der Waals surface area contributed by atoms with E-state index >= 15 is 0 Å². The molecule has 142 valence electrons. The van der Waals surface area contributed by atoms with E-state index in [1.54, 1.807) is 0 Å². The van der Waals surface area contributed by atoms with Gasteiger partial charge in [0.15, 0.2) is 0 Å². The number of rotatable bonds is 18. The second-order valence-electron chi connectivity index (χ2n) is 6.71. The first-order valence-electron chi connectivity index (χ1n) is 12.5. The molecule has 1 saturated heterocycles. The standard InChI is InChI=1S/C21H40O3/c1-2-3-4-5-6-7-8-9-10-11-12-13-14-15-16-17-21(22)24-19-20-18-23-20/h20H,2-19H2,1H3/i15D,16D2,17D2. The van der Waals surface area contributed by atoms with Crippen molar-refractivity contribution >= 4 is 5.97 Å². The summed E-state index contributed by atoms with van der Waals surface area (Å²) in [5, 5.41) is 0. The number of carbonyl (C=O) groups is 1. The van der Waals surface area contributed by atoms with Crippen LogP contribution in [0.5, 0.6) is 0 Å². The summed E-state index contributed by atoms with van der Waals surface area (Å²) in [5.41, 5.74) is 0. The maximum atomic E-state index is 11.9. The summed E-state index contributed by atoms with van der Waals surface area (Å²) in [4.78, 5) is 11.9. The Balaban J connectivity index is 2.12. The Morgan fingerprint density at radius 3 is 1.96 bits per heavy atom. The van der Waals surface area contributed by atoms with Crippen molar-refractivity contribution in [3.8, 4) is 0 Å². The van der Waals surface area contributed by atoms with Crippen LogP contribution < -0.4 is 0 Å². The summed E-state index contributed by atoms with van der Waals surface area (Å²) in [5.74, 6) is -1.25. The molecule has 24 heavy (non-hydrogen) atoms. The van der Waals surface area contributed by atoms with Crippen molar-refractivity contribution in [3.05, 3.63) is 0 Å². The molecule has 3 nitrogen and oxygen atoms in total. The molecule has 0 aliphatic carbocycles. The van der Waals surface area contributed by atoms with Crippen LogP contribution >= 0.6 is 0 Å². The molecule has 1 aliphatic rings. The molecule has 2 atom stereocenters. The average Bonchev–Trinajstić information content (AvgIpc) is 3.50. The summed E-state index contributed by atoms with van der Waals surface area (Å²) < 4.78 is 49.5. The summed E-state index contributed by atoms with van der Waals surface area (Å²) in [6.45, 7) is 2.64. The molecule has 1 aliphatic heterocycles. The van der Waals surface area contributed by atoms with Gasteiger partial charge in [-0.3, -0.25) is 4.79 Å². The SMILES string of the molecule is [2H]C(CCCCCCCCCCCCCC)C([2H])([2H])C([2H])([2H])C(=O)OCC1CO1. The van der Waals surface area contributed by atoms with Crippen LogP contribution in [0.25, 0.3) is 0 Å².